The standard InChI is InChI=1S/C11H19NO3.Y/c1-3-9(7-8(2)11(14)15)12-6-4-5-10(12)13;/h8-9H,3-7H2,1-2H3,(H,14,15);/p-1. The first kappa shape index (κ1) is 16.0. The monoisotopic (exact) mass is 301 g/mol. The molecular formula is C11H18NO3Y-. The number of carbonyl (C=O) groups is 2. The average molecular weight is 301 g/mol. The Balaban J connectivity index is 0.00000225. The van der Waals surface area contributed by atoms with Crippen LogP contribution in [-0.4, -0.2) is 29.4 Å². The van der Waals surface area contributed by atoms with E-state index in [0.717, 1.165) is 19.4 Å². The van der Waals surface area contributed by atoms with Crippen molar-refractivity contribution in [2.24, 2.45) is 5.92 Å². The van der Waals surface area contributed by atoms with Gasteiger partial charge in [-0.3, -0.25) is 4.79 Å². The van der Waals surface area contributed by atoms with Crippen molar-refractivity contribution in [3.05, 3.63) is 0 Å². The van der Waals surface area contributed by atoms with Crippen LogP contribution in [0.25, 0.3) is 0 Å². The molecule has 1 fully saturated rings. The maximum absolute atomic E-state index is 11.5. The zero-order valence-corrected chi connectivity index (χ0v) is 12.8. The quantitative estimate of drug-likeness (QED) is 0.727. The zero-order chi connectivity index (χ0) is 11.4. The van der Waals surface area contributed by atoms with Crippen molar-refractivity contribution in [2.45, 2.75) is 45.6 Å². The van der Waals surface area contributed by atoms with Gasteiger partial charge < -0.3 is 14.8 Å². The molecule has 1 amide bonds. The molecule has 1 aliphatic rings. The van der Waals surface area contributed by atoms with Gasteiger partial charge in [0.05, 0.1) is 0 Å². The van der Waals surface area contributed by atoms with Crippen molar-refractivity contribution in [2.75, 3.05) is 6.54 Å². The molecule has 0 aromatic heterocycles. The predicted molar refractivity (Wildman–Crippen MR) is 53.8 cm³/mol. The van der Waals surface area contributed by atoms with Crippen LogP contribution in [0.4, 0.5) is 0 Å². The van der Waals surface area contributed by atoms with Crippen LogP contribution in [0.15, 0.2) is 0 Å². The molecule has 2 atom stereocenters. The van der Waals surface area contributed by atoms with Crippen LogP contribution in [-0.2, 0) is 42.3 Å². The number of hydrogen-bond donors (Lipinski definition) is 0. The fourth-order valence-corrected chi connectivity index (χ4v) is 2.07. The third-order valence-electron chi connectivity index (χ3n) is 3.05. The molecule has 5 heteroatoms. The molecule has 0 saturated carbocycles. The van der Waals surface area contributed by atoms with Gasteiger partial charge in [-0.2, -0.15) is 0 Å². The second kappa shape index (κ2) is 7.39. The summed E-state index contributed by atoms with van der Waals surface area (Å²) in [4.78, 5) is 23.9. The Bertz CT molecular complexity index is 258. The maximum Gasteiger partial charge on any atom is 0.222 e. The van der Waals surface area contributed by atoms with E-state index in [1.165, 1.54) is 0 Å². The first-order chi connectivity index (χ1) is 7.06. The number of carbonyl (C=O) groups excluding carboxylic acids is 2. The van der Waals surface area contributed by atoms with E-state index in [9.17, 15) is 14.7 Å². The van der Waals surface area contributed by atoms with Gasteiger partial charge in [0, 0.05) is 57.7 Å². The Kier molecular flexibility index (Phi) is 7.41. The minimum atomic E-state index is -1.03. The molecule has 0 aromatic rings. The van der Waals surface area contributed by atoms with Crippen molar-refractivity contribution in [3.8, 4) is 0 Å². The number of rotatable bonds is 5. The van der Waals surface area contributed by atoms with Crippen LogP contribution in [0.3, 0.4) is 0 Å². The van der Waals surface area contributed by atoms with Crippen LogP contribution in [0, 0.1) is 5.92 Å². The van der Waals surface area contributed by atoms with Crippen molar-refractivity contribution in [1.82, 2.24) is 4.90 Å². The summed E-state index contributed by atoms with van der Waals surface area (Å²) in [6.45, 7) is 4.40. The van der Waals surface area contributed by atoms with Gasteiger partial charge in [0.15, 0.2) is 0 Å². The molecule has 0 aliphatic carbocycles. The summed E-state index contributed by atoms with van der Waals surface area (Å²) >= 11 is 0. The van der Waals surface area contributed by atoms with Crippen molar-refractivity contribution >= 4 is 11.9 Å². The van der Waals surface area contributed by atoms with Crippen LogP contribution >= 0.6 is 0 Å². The summed E-state index contributed by atoms with van der Waals surface area (Å²) < 4.78 is 0. The smallest absolute Gasteiger partial charge is 0.222 e. The topological polar surface area (TPSA) is 60.4 Å². The number of nitrogens with zero attached hydrogens (tertiary/aromatic N) is 1. The molecule has 1 heterocycles. The van der Waals surface area contributed by atoms with Crippen LogP contribution in [0.5, 0.6) is 0 Å². The van der Waals surface area contributed by atoms with Crippen molar-refractivity contribution < 1.29 is 47.4 Å². The molecule has 2 unspecified atom stereocenters. The SMILES string of the molecule is CCC(CC(C)C(=O)[O-])N1CCCC1=O.[Y]. The van der Waals surface area contributed by atoms with Gasteiger partial charge in [0.25, 0.3) is 0 Å². The first-order valence-electron chi connectivity index (χ1n) is 5.56. The van der Waals surface area contributed by atoms with E-state index in [0.29, 0.717) is 12.8 Å². The minimum absolute atomic E-state index is 0. The number of likely N-dealkylation sites (tertiary alicyclic amines) is 1. The molecule has 1 radical (unpaired) electrons. The van der Waals surface area contributed by atoms with E-state index in [1.807, 2.05) is 11.8 Å². The number of amides is 1. The summed E-state index contributed by atoms with van der Waals surface area (Å²) in [6.07, 6.45) is 2.82. The van der Waals surface area contributed by atoms with Gasteiger partial charge in [-0.25, -0.2) is 0 Å². The van der Waals surface area contributed by atoms with Crippen molar-refractivity contribution in [3.63, 3.8) is 0 Å². The summed E-state index contributed by atoms with van der Waals surface area (Å²) in [6, 6.07) is 0.0629. The Morgan fingerprint density at radius 3 is 2.56 bits per heavy atom. The Morgan fingerprint density at radius 2 is 2.19 bits per heavy atom. The van der Waals surface area contributed by atoms with E-state index in [2.05, 4.69) is 0 Å². The fourth-order valence-electron chi connectivity index (χ4n) is 2.07. The molecule has 1 rings (SSSR count). The second-order valence-corrected chi connectivity index (χ2v) is 4.21. The van der Waals surface area contributed by atoms with E-state index >= 15 is 0 Å². The predicted octanol–water partition coefficient (Wildman–Crippen LogP) is 0.161. The Hall–Kier alpha value is 0.0439. The van der Waals surface area contributed by atoms with Crippen LogP contribution in [0.1, 0.15) is 39.5 Å². The summed E-state index contributed by atoms with van der Waals surface area (Å²) in [5, 5.41) is 10.6. The summed E-state index contributed by atoms with van der Waals surface area (Å²) in [7, 11) is 0. The van der Waals surface area contributed by atoms with Gasteiger partial charge in [-0.1, -0.05) is 13.8 Å². The molecule has 0 N–H and O–H groups in total. The maximum atomic E-state index is 11.5. The third-order valence-corrected chi connectivity index (χ3v) is 3.05. The molecule has 16 heavy (non-hydrogen) atoms. The molecule has 4 nitrogen and oxygen atoms in total. The largest absolute Gasteiger partial charge is 0.550 e. The third kappa shape index (κ3) is 4.13. The molecule has 0 spiro atoms. The molecular weight excluding hydrogens is 283 g/mol. The number of carboxylic acids is 1. The van der Waals surface area contributed by atoms with E-state index < -0.39 is 11.9 Å². The second-order valence-electron chi connectivity index (χ2n) is 4.21. The van der Waals surface area contributed by atoms with E-state index in [1.54, 1.807) is 6.92 Å². The van der Waals surface area contributed by atoms with E-state index in [4.69, 9.17) is 0 Å². The molecule has 1 aliphatic heterocycles. The number of hydrogen-bond acceptors (Lipinski definition) is 3. The van der Waals surface area contributed by atoms with Crippen LogP contribution < -0.4 is 5.11 Å². The minimum Gasteiger partial charge on any atom is -0.550 e. The normalized spacial score (nSPS) is 19.1. The number of aliphatic carboxylic acids is 1. The van der Waals surface area contributed by atoms with Crippen molar-refractivity contribution in [1.29, 1.82) is 0 Å². The summed E-state index contributed by atoms with van der Waals surface area (Å²) in [5.41, 5.74) is 0. The van der Waals surface area contributed by atoms with E-state index in [-0.39, 0.29) is 44.7 Å². The fraction of sp³-hybridized carbons (Fsp3) is 0.818. The molecule has 1 saturated heterocycles. The molecule has 89 valence electrons. The average Bonchev–Trinajstić information content (AvgIpc) is 2.60. The first-order valence-corrected chi connectivity index (χ1v) is 5.56. The van der Waals surface area contributed by atoms with Gasteiger partial charge in [-0.15, -0.1) is 0 Å². The van der Waals surface area contributed by atoms with Crippen LogP contribution in [0.2, 0.25) is 0 Å². The van der Waals surface area contributed by atoms with Gasteiger partial charge in [0.1, 0.15) is 0 Å². The Morgan fingerprint density at radius 1 is 1.56 bits per heavy atom. The van der Waals surface area contributed by atoms with Gasteiger partial charge >= 0.3 is 0 Å². The zero-order valence-electron chi connectivity index (χ0n) is 9.94. The number of carboxylic acid groups (broad SMARTS) is 1. The summed E-state index contributed by atoms with van der Waals surface area (Å²) in [5.74, 6) is -1.35. The van der Waals surface area contributed by atoms with Gasteiger partial charge in [-0.05, 0) is 25.2 Å². The molecule has 0 aromatic carbocycles. The Labute approximate surface area is 122 Å². The van der Waals surface area contributed by atoms with Gasteiger partial charge in [0.2, 0.25) is 5.91 Å². The molecule has 0 bridgehead atoms.